The first-order valence-corrected chi connectivity index (χ1v) is 13.9. The quantitative estimate of drug-likeness (QED) is 0.248. The number of carbonyl (C=O) groups is 3. The Kier molecular flexibility index (Phi) is 9.81. The predicted molar refractivity (Wildman–Crippen MR) is 155 cm³/mol. The molecule has 0 aliphatic carbocycles. The van der Waals surface area contributed by atoms with Gasteiger partial charge in [0.1, 0.15) is 4.83 Å². The average Bonchev–Trinajstić information content (AvgIpc) is 3.51. The standard InChI is InChI=1S/C25H27N7O4S.C2HF3O2/c1-14-10-31(11-15(2)36-14)13-22(33)29-17-7-20(16(3)27-8-17)30-24(35)19-9-28-32-12-21(37-25(19)32)18-5-4-6-26-23(18)34;3-2(4,5)1(6)7/h4-9,12,14-15H,10-11,13H2,1-3H3,(H,26,34)(H,29,33)(H,30,35);(H,6,7)/t14-,15-;/m0./s1. The van der Waals surface area contributed by atoms with E-state index in [2.05, 4.69) is 30.6 Å². The number of amides is 2. The second kappa shape index (κ2) is 13.4. The number of nitrogens with one attached hydrogen (secondary N) is 3. The number of hydrogen-bond donors (Lipinski definition) is 4. The van der Waals surface area contributed by atoms with Crippen molar-refractivity contribution in [3.8, 4) is 10.4 Å². The van der Waals surface area contributed by atoms with Gasteiger partial charge in [-0.3, -0.25) is 24.3 Å². The van der Waals surface area contributed by atoms with Crippen LogP contribution in [0.25, 0.3) is 15.3 Å². The zero-order valence-corrected chi connectivity index (χ0v) is 24.5. The fraction of sp³-hybridized carbons (Fsp3) is 0.333. The minimum Gasteiger partial charge on any atom is -0.475 e. The molecule has 2 amide bonds. The largest absolute Gasteiger partial charge is 0.490 e. The number of morpholine rings is 1. The number of nitrogens with zero attached hydrogens (tertiary/aromatic N) is 4. The molecule has 4 N–H and O–H groups in total. The summed E-state index contributed by atoms with van der Waals surface area (Å²) in [4.78, 5) is 57.2. The first-order valence-electron chi connectivity index (χ1n) is 13.1. The van der Waals surface area contributed by atoms with Gasteiger partial charge < -0.3 is 25.5 Å². The van der Waals surface area contributed by atoms with E-state index in [0.29, 0.717) is 51.0 Å². The lowest BCUT2D eigenvalue weighted by Crippen LogP contribution is -2.48. The number of H-pyrrole nitrogens is 1. The smallest absolute Gasteiger partial charge is 0.475 e. The normalized spacial score (nSPS) is 17.0. The third-order valence-corrected chi connectivity index (χ3v) is 7.39. The molecule has 0 spiro atoms. The van der Waals surface area contributed by atoms with Crippen molar-refractivity contribution in [2.24, 2.45) is 0 Å². The molecular weight excluding hydrogens is 607 g/mol. The number of aliphatic carboxylic acids is 1. The highest BCUT2D eigenvalue weighted by molar-refractivity contribution is 7.21. The molecule has 4 aromatic heterocycles. The molecule has 1 fully saturated rings. The summed E-state index contributed by atoms with van der Waals surface area (Å²) in [5.41, 5.74) is 2.24. The molecule has 1 aliphatic heterocycles. The number of rotatable bonds is 6. The first-order chi connectivity index (χ1) is 20.7. The van der Waals surface area contributed by atoms with Crippen LogP contribution in [0.4, 0.5) is 24.5 Å². The lowest BCUT2D eigenvalue weighted by molar-refractivity contribution is -0.192. The van der Waals surface area contributed by atoms with E-state index in [-0.39, 0.29) is 36.1 Å². The summed E-state index contributed by atoms with van der Waals surface area (Å²) in [5, 5.41) is 17.1. The Bertz CT molecular complexity index is 1720. The Labute approximate surface area is 251 Å². The number of aryl methyl sites for hydroxylation is 1. The molecule has 234 valence electrons. The molecule has 17 heteroatoms. The molecule has 44 heavy (non-hydrogen) atoms. The number of pyridine rings is 2. The van der Waals surface area contributed by atoms with E-state index < -0.39 is 12.1 Å². The molecule has 0 saturated carbocycles. The van der Waals surface area contributed by atoms with Gasteiger partial charge in [-0.1, -0.05) is 0 Å². The number of carboxylic acid groups (broad SMARTS) is 1. The molecule has 0 bridgehead atoms. The van der Waals surface area contributed by atoms with Gasteiger partial charge in [0.15, 0.2) is 0 Å². The molecule has 5 rings (SSSR count). The van der Waals surface area contributed by atoms with E-state index in [1.807, 2.05) is 13.8 Å². The highest BCUT2D eigenvalue weighted by atomic mass is 32.1. The van der Waals surface area contributed by atoms with Crippen LogP contribution in [0.2, 0.25) is 0 Å². The Morgan fingerprint density at radius 1 is 1.18 bits per heavy atom. The second-order valence-electron chi connectivity index (χ2n) is 9.93. The Morgan fingerprint density at radius 2 is 1.86 bits per heavy atom. The number of halogens is 3. The zero-order valence-electron chi connectivity index (χ0n) is 23.6. The van der Waals surface area contributed by atoms with Crippen molar-refractivity contribution >= 4 is 45.3 Å². The van der Waals surface area contributed by atoms with Crippen molar-refractivity contribution in [1.29, 1.82) is 0 Å². The van der Waals surface area contributed by atoms with Gasteiger partial charge >= 0.3 is 12.1 Å². The van der Waals surface area contributed by atoms with Crippen LogP contribution < -0.4 is 16.2 Å². The summed E-state index contributed by atoms with van der Waals surface area (Å²) in [6.45, 7) is 7.38. The van der Waals surface area contributed by atoms with Gasteiger partial charge in [-0.2, -0.15) is 18.3 Å². The molecule has 1 saturated heterocycles. The Hall–Kier alpha value is -4.61. The minimum atomic E-state index is -5.08. The maximum Gasteiger partial charge on any atom is 0.490 e. The van der Waals surface area contributed by atoms with Crippen LogP contribution in [0.3, 0.4) is 0 Å². The van der Waals surface area contributed by atoms with E-state index >= 15 is 0 Å². The molecule has 0 radical (unpaired) electrons. The monoisotopic (exact) mass is 635 g/mol. The van der Waals surface area contributed by atoms with Crippen molar-refractivity contribution < 1.29 is 37.4 Å². The van der Waals surface area contributed by atoms with E-state index in [9.17, 15) is 27.6 Å². The molecule has 5 heterocycles. The van der Waals surface area contributed by atoms with E-state index in [1.165, 1.54) is 17.5 Å². The Morgan fingerprint density at radius 3 is 2.50 bits per heavy atom. The minimum absolute atomic E-state index is 0.0718. The van der Waals surface area contributed by atoms with E-state index in [1.54, 1.807) is 48.2 Å². The summed E-state index contributed by atoms with van der Waals surface area (Å²) in [5.74, 6) is -3.29. The number of anilines is 2. The van der Waals surface area contributed by atoms with Gasteiger partial charge in [0.25, 0.3) is 11.5 Å². The molecule has 4 aromatic rings. The molecule has 1 aliphatic rings. The summed E-state index contributed by atoms with van der Waals surface area (Å²) in [6, 6.07) is 5.15. The number of carbonyl (C=O) groups excluding carboxylic acids is 2. The van der Waals surface area contributed by atoms with Crippen molar-refractivity contribution in [2.75, 3.05) is 30.3 Å². The first kappa shape index (κ1) is 32.3. The SMILES string of the molecule is Cc1ncc(NC(=O)CN2C[C@H](C)O[C@@H](C)C2)cc1NC(=O)c1cnn2cc(-c3ccc[nH]c3=O)sc12.O=C(O)C(F)(F)F. The fourth-order valence-corrected chi connectivity index (χ4v) is 5.50. The van der Waals surface area contributed by atoms with Gasteiger partial charge in [0, 0.05) is 25.5 Å². The second-order valence-corrected chi connectivity index (χ2v) is 11.0. The van der Waals surface area contributed by atoms with Crippen LogP contribution in [0.15, 0.2) is 47.8 Å². The number of hydrogen-bond acceptors (Lipinski definition) is 9. The van der Waals surface area contributed by atoms with Crippen LogP contribution in [0.1, 0.15) is 29.9 Å². The van der Waals surface area contributed by atoms with Gasteiger partial charge in [0.2, 0.25) is 5.91 Å². The number of thiazole rings is 1. The number of fused-ring (bicyclic) bond motifs is 1. The highest BCUT2D eigenvalue weighted by Crippen LogP contribution is 2.29. The van der Waals surface area contributed by atoms with Crippen molar-refractivity contribution in [1.82, 2.24) is 24.5 Å². The van der Waals surface area contributed by atoms with Crippen LogP contribution in [-0.4, -0.2) is 85.4 Å². The molecular formula is C27H28F3N7O6S. The fourth-order valence-electron chi connectivity index (χ4n) is 4.42. The van der Waals surface area contributed by atoms with Crippen LogP contribution in [0.5, 0.6) is 0 Å². The molecule has 0 unspecified atom stereocenters. The third kappa shape index (κ3) is 8.06. The number of carboxylic acids is 1. The Balaban J connectivity index is 0.000000566. The number of aromatic amines is 1. The van der Waals surface area contributed by atoms with E-state index in [4.69, 9.17) is 14.6 Å². The maximum atomic E-state index is 13.2. The van der Waals surface area contributed by atoms with Gasteiger partial charge in [0.05, 0.1) is 64.2 Å². The van der Waals surface area contributed by atoms with Gasteiger partial charge in [-0.25, -0.2) is 9.31 Å². The van der Waals surface area contributed by atoms with Gasteiger partial charge in [-0.05, 0) is 39.0 Å². The van der Waals surface area contributed by atoms with Crippen LogP contribution in [-0.2, 0) is 14.3 Å². The lowest BCUT2D eigenvalue weighted by atomic mass is 10.2. The number of alkyl halides is 3. The van der Waals surface area contributed by atoms with Crippen molar-refractivity contribution in [3.05, 3.63) is 64.6 Å². The predicted octanol–water partition coefficient (Wildman–Crippen LogP) is 3.39. The topological polar surface area (TPSA) is 171 Å². The lowest BCUT2D eigenvalue weighted by Gasteiger charge is -2.34. The summed E-state index contributed by atoms with van der Waals surface area (Å²) < 4.78 is 39.0. The average molecular weight is 636 g/mol. The zero-order chi connectivity index (χ0) is 32.2. The van der Waals surface area contributed by atoms with Gasteiger partial charge in [-0.15, -0.1) is 11.3 Å². The van der Waals surface area contributed by atoms with Crippen molar-refractivity contribution in [2.45, 2.75) is 39.2 Å². The summed E-state index contributed by atoms with van der Waals surface area (Å²) >= 11 is 1.30. The summed E-state index contributed by atoms with van der Waals surface area (Å²) in [7, 11) is 0. The number of aromatic nitrogens is 4. The van der Waals surface area contributed by atoms with E-state index in [0.717, 1.165) is 0 Å². The van der Waals surface area contributed by atoms with Crippen LogP contribution in [0, 0.1) is 6.92 Å². The molecule has 13 nitrogen and oxygen atoms in total. The summed E-state index contributed by atoms with van der Waals surface area (Å²) in [6.07, 6.45) is 1.40. The third-order valence-electron chi connectivity index (χ3n) is 6.25. The van der Waals surface area contributed by atoms with Crippen LogP contribution >= 0.6 is 11.3 Å². The molecule has 2 atom stereocenters. The van der Waals surface area contributed by atoms with Crippen molar-refractivity contribution in [3.63, 3.8) is 0 Å². The highest BCUT2D eigenvalue weighted by Gasteiger charge is 2.38. The molecule has 0 aromatic carbocycles. The maximum absolute atomic E-state index is 13.2. The number of ether oxygens (including phenoxy) is 1.